The van der Waals surface area contributed by atoms with Crippen LogP contribution in [0.1, 0.15) is 22.8 Å². The first-order chi connectivity index (χ1) is 14.7. The average Bonchev–Trinajstić information content (AvgIpc) is 2.73. The highest BCUT2D eigenvalue weighted by Crippen LogP contribution is 2.12. The molecule has 0 fully saturated rings. The Labute approximate surface area is 174 Å². The number of carbonyl (C=O) groups is 1. The van der Waals surface area contributed by atoms with Crippen LogP contribution in [0.15, 0.2) is 63.0 Å². The predicted molar refractivity (Wildman–Crippen MR) is 112 cm³/mol. The van der Waals surface area contributed by atoms with Crippen LogP contribution in [0.3, 0.4) is 0 Å². The molecule has 0 aliphatic carbocycles. The number of nitro groups is 1. The van der Waals surface area contributed by atoms with Gasteiger partial charge in [-0.1, -0.05) is 30.3 Å². The molecule has 160 valence electrons. The monoisotopic (exact) mass is 425 g/mol. The van der Waals surface area contributed by atoms with E-state index in [1.807, 2.05) is 0 Å². The van der Waals surface area contributed by atoms with E-state index in [1.54, 1.807) is 37.3 Å². The standard InChI is InChI=1S/C20H19N5O6/c1-2-23-19(28)17(15(26)12-22-11-14(25(30)31)8-9-16(22)27)18(21)24(20(23)29)10-13-6-4-3-5-7-13/h3-9,11H,2,10,12,21H2,1H3. The quantitative estimate of drug-likeness (QED) is 0.331. The van der Waals surface area contributed by atoms with Crippen LogP contribution in [0.25, 0.3) is 0 Å². The number of Topliss-reactive ketones (excluding diaryl/α,β-unsaturated/α-hetero) is 1. The summed E-state index contributed by atoms with van der Waals surface area (Å²) in [5.41, 5.74) is 3.74. The van der Waals surface area contributed by atoms with Gasteiger partial charge < -0.3 is 10.3 Å². The number of nitrogen functional groups attached to an aromatic ring is 1. The van der Waals surface area contributed by atoms with Crippen molar-refractivity contribution in [2.45, 2.75) is 26.6 Å². The van der Waals surface area contributed by atoms with Crippen molar-refractivity contribution in [2.24, 2.45) is 0 Å². The number of rotatable bonds is 7. The minimum Gasteiger partial charge on any atom is -0.384 e. The fourth-order valence-corrected chi connectivity index (χ4v) is 3.16. The van der Waals surface area contributed by atoms with Crippen molar-refractivity contribution in [3.05, 3.63) is 101 Å². The third kappa shape index (κ3) is 4.20. The number of nitrogens with two attached hydrogens (primary N) is 1. The molecule has 11 heteroatoms. The Hall–Kier alpha value is -4.28. The molecule has 0 atom stereocenters. The van der Waals surface area contributed by atoms with Gasteiger partial charge in [0.15, 0.2) is 5.78 Å². The molecule has 0 bridgehead atoms. The Morgan fingerprint density at radius 2 is 1.74 bits per heavy atom. The second kappa shape index (κ2) is 8.61. The summed E-state index contributed by atoms with van der Waals surface area (Å²) in [5, 5.41) is 11.0. The SMILES string of the molecule is CCn1c(=O)c(C(=O)Cn2cc([N+](=O)[O-])ccc2=O)c(N)n(Cc2ccccc2)c1=O. The number of hydrogen-bond donors (Lipinski definition) is 1. The molecule has 1 aromatic carbocycles. The van der Waals surface area contributed by atoms with E-state index < -0.39 is 39.6 Å². The first-order valence-electron chi connectivity index (χ1n) is 9.29. The zero-order chi connectivity index (χ0) is 22.7. The summed E-state index contributed by atoms with van der Waals surface area (Å²) < 4.78 is 2.81. The van der Waals surface area contributed by atoms with Gasteiger partial charge in [0.1, 0.15) is 11.4 Å². The van der Waals surface area contributed by atoms with Gasteiger partial charge >= 0.3 is 5.69 Å². The number of pyridine rings is 1. The van der Waals surface area contributed by atoms with E-state index in [1.165, 1.54) is 0 Å². The highest BCUT2D eigenvalue weighted by atomic mass is 16.6. The van der Waals surface area contributed by atoms with Crippen LogP contribution in [0, 0.1) is 10.1 Å². The van der Waals surface area contributed by atoms with E-state index in [4.69, 9.17) is 5.73 Å². The molecule has 31 heavy (non-hydrogen) atoms. The topological polar surface area (TPSA) is 152 Å². The van der Waals surface area contributed by atoms with Crippen molar-refractivity contribution in [2.75, 3.05) is 5.73 Å². The Morgan fingerprint density at radius 1 is 1.06 bits per heavy atom. The molecule has 3 aromatic rings. The molecule has 0 spiro atoms. The lowest BCUT2D eigenvalue weighted by atomic mass is 10.1. The molecule has 0 radical (unpaired) electrons. The maximum absolute atomic E-state index is 12.9. The summed E-state index contributed by atoms with van der Waals surface area (Å²) in [6, 6.07) is 10.8. The maximum Gasteiger partial charge on any atom is 0.332 e. The zero-order valence-electron chi connectivity index (χ0n) is 16.6. The van der Waals surface area contributed by atoms with Gasteiger partial charge in [0.05, 0.1) is 24.2 Å². The fourth-order valence-electron chi connectivity index (χ4n) is 3.16. The van der Waals surface area contributed by atoms with E-state index in [0.29, 0.717) is 0 Å². The van der Waals surface area contributed by atoms with Gasteiger partial charge in [0.25, 0.3) is 16.8 Å². The second-order valence-corrected chi connectivity index (χ2v) is 6.70. The van der Waals surface area contributed by atoms with Crippen molar-refractivity contribution in [3.63, 3.8) is 0 Å². The number of benzene rings is 1. The average molecular weight is 425 g/mol. The van der Waals surface area contributed by atoms with Crippen molar-refractivity contribution < 1.29 is 9.72 Å². The molecule has 3 rings (SSSR count). The van der Waals surface area contributed by atoms with Crippen molar-refractivity contribution in [1.29, 1.82) is 0 Å². The normalized spacial score (nSPS) is 10.7. The van der Waals surface area contributed by atoms with Crippen molar-refractivity contribution in [3.8, 4) is 0 Å². The Bertz CT molecular complexity index is 1340. The highest BCUT2D eigenvalue weighted by molar-refractivity contribution is 5.99. The largest absolute Gasteiger partial charge is 0.384 e. The molecule has 0 aliphatic rings. The minimum absolute atomic E-state index is 0.00374. The maximum atomic E-state index is 12.9. The summed E-state index contributed by atoms with van der Waals surface area (Å²) in [5.74, 6) is -1.17. The number of hydrogen-bond acceptors (Lipinski definition) is 7. The molecular weight excluding hydrogens is 406 g/mol. The second-order valence-electron chi connectivity index (χ2n) is 6.70. The van der Waals surface area contributed by atoms with Gasteiger partial charge in [-0.25, -0.2) is 4.79 Å². The van der Waals surface area contributed by atoms with Crippen LogP contribution in [-0.2, 0) is 19.6 Å². The summed E-state index contributed by atoms with van der Waals surface area (Å²) in [7, 11) is 0. The number of ketones is 1. The number of nitrogens with zero attached hydrogens (tertiary/aromatic N) is 4. The number of anilines is 1. The third-order valence-corrected chi connectivity index (χ3v) is 4.74. The molecule has 0 saturated heterocycles. The van der Waals surface area contributed by atoms with E-state index in [0.717, 1.165) is 37.6 Å². The van der Waals surface area contributed by atoms with Gasteiger partial charge in [-0.2, -0.15) is 0 Å². The lowest BCUT2D eigenvalue weighted by Crippen LogP contribution is -2.44. The molecule has 0 saturated carbocycles. The first-order valence-corrected chi connectivity index (χ1v) is 9.29. The van der Waals surface area contributed by atoms with Crippen LogP contribution in [0.5, 0.6) is 0 Å². The summed E-state index contributed by atoms with van der Waals surface area (Å²) in [6.45, 7) is 0.963. The van der Waals surface area contributed by atoms with Crippen LogP contribution in [0.2, 0.25) is 0 Å². The fraction of sp³-hybridized carbons (Fsp3) is 0.200. The summed E-state index contributed by atoms with van der Waals surface area (Å²) >= 11 is 0. The zero-order valence-corrected chi connectivity index (χ0v) is 16.6. The van der Waals surface area contributed by atoms with Gasteiger partial charge in [-0.3, -0.25) is 33.6 Å². The third-order valence-electron chi connectivity index (χ3n) is 4.74. The van der Waals surface area contributed by atoms with Crippen molar-refractivity contribution >= 4 is 17.3 Å². The molecule has 0 unspecified atom stereocenters. The number of aromatic nitrogens is 3. The Morgan fingerprint density at radius 3 is 2.35 bits per heavy atom. The predicted octanol–water partition coefficient (Wildman–Crippen LogP) is 0.613. The molecule has 2 aromatic heterocycles. The van der Waals surface area contributed by atoms with Gasteiger partial charge in [-0.15, -0.1) is 0 Å². The molecule has 0 amide bonds. The lowest BCUT2D eigenvalue weighted by Gasteiger charge is -2.16. The Balaban J connectivity index is 2.11. The first kappa shape index (κ1) is 21.4. The van der Waals surface area contributed by atoms with E-state index in [9.17, 15) is 29.3 Å². The van der Waals surface area contributed by atoms with Gasteiger partial charge in [0, 0.05) is 18.7 Å². The Kier molecular flexibility index (Phi) is 5.95. The minimum atomic E-state index is -0.877. The van der Waals surface area contributed by atoms with E-state index >= 15 is 0 Å². The molecule has 11 nitrogen and oxygen atoms in total. The molecular formula is C20H19N5O6. The van der Waals surface area contributed by atoms with Crippen LogP contribution < -0.4 is 22.5 Å². The van der Waals surface area contributed by atoms with E-state index in [2.05, 4.69) is 0 Å². The summed E-state index contributed by atoms with van der Waals surface area (Å²) in [4.78, 5) is 60.8. The smallest absolute Gasteiger partial charge is 0.332 e. The van der Waals surface area contributed by atoms with Crippen LogP contribution in [0.4, 0.5) is 11.5 Å². The van der Waals surface area contributed by atoms with Crippen LogP contribution >= 0.6 is 0 Å². The number of carbonyl (C=O) groups excluding carboxylic acids is 1. The van der Waals surface area contributed by atoms with E-state index in [-0.39, 0.29) is 24.6 Å². The molecule has 2 heterocycles. The molecule has 0 aliphatic heterocycles. The molecule has 2 N–H and O–H groups in total. The van der Waals surface area contributed by atoms with Gasteiger partial charge in [0.2, 0.25) is 0 Å². The highest BCUT2D eigenvalue weighted by Gasteiger charge is 2.23. The van der Waals surface area contributed by atoms with Crippen molar-refractivity contribution in [1.82, 2.24) is 13.7 Å². The summed E-state index contributed by atoms with van der Waals surface area (Å²) in [6.07, 6.45) is 0.911. The van der Waals surface area contributed by atoms with Crippen LogP contribution in [-0.4, -0.2) is 24.4 Å². The van der Waals surface area contributed by atoms with Gasteiger partial charge in [-0.05, 0) is 12.5 Å². The lowest BCUT2D eigenvalue weighted by molar-refractivity contribution is -0.385.